The van der Waals surface area contributed by atoms with Crippen LogP contribution in [0.2, 0.25) is 0 Å². The van der Waals surface area contributed by atoms with Crippen molar-refractivity contribution >= 4 is 23.3 Å². The maximum atomic E-state index is 17.4. The van der Waals surface area contributed by atoms with Crippen LogP contribution in [0.1, 0.15) is 50.4 Å². The van der Waals surface area contributed by atoms with Crippen LogP contribution < -0.4 is 0 Å². The number of benzene rings is 1. The monoisotopic (exact) mass is 510 g/mol. The number of aliphatic hydroxyl groups excluding tert-OH is 2. The highest BCUT2D eigenvalue weighted by molar-refractivity contribution is 6.10. The summed E-state index contributed by atoms with van der Waals surface area (Å²) in [6.07, 6.45) is 1.88. The highest BCUT2D eigenvalue weighted by atomic mass is 19.1. The van der Waals surface area contributed by atoms with E-state index in [4.69, 9.17) is 4.74 Å². The first kappa shape index (κ1) is 25.7. The molecule has 0 aliphatic heterocycles. The maximum absolute atomic E-state index is 17.4. The van der Waals surface area contributed by atoms with Crippen molar-refractivity contribution in [2.45, 2.75) is 57.4 Å². The molecule has 5 rings (SSSR count). The van der Waals surface area contributed by atoms with Gasteiger partial charge in [-0.3, -0.25) is 14.4 Å². The van der Waals surface area contributed by atoms with Gasteiger partial charge in [-0.25, -0.2) is 9.18 Å². The zero-order valence-corrected chi connectivity index (χ0v) is 21.1. The van der Waals surface area contributed by atoms with E-state index in [2.05, 4.69) is 0 Å². The van der Waals surface area contributed by atoms with Crippen LogP contribution in [0.4, 0.5) is 4.39 Å². The van der Waals surface area contributed by atoms with Crippen molar-refractivity contribution in [2.24, 2.45) is 28.6 Å². The number of ketones is 3. The smallest absolute Gasteiger partial charge is 0.339 e. The Bertz CT molecular complexity index is 1250. The number of esters is 1. The van der Waals surface area contributed by atoms with Crippen LogP contribution in [0.25, 0.3) is 0 Å². The number of hydrogen-bond donors (Lipinski definition) is 2. The van der Waals surface area contributed by atoms with Crippen molar-refractivity contribution in [2.75, 3.05) is 6.61 Å². The fraction of sp³-hybridized carbons (Fsp3) is 0.517. The van der Waals surface area contributed by atoms with E-state index in [-0.39, 0.29) is 36.2 Å². The van der Waals surface area contributed by atoms with Crippen molar-refractivity contribution in [3.05, 3.63) is 59.7 Å². The number of rotatable bonds is 4. The van der Waals surface area contributed by atoms with Gasteiger partial charge in [-0.1, -0.05) is 38.1 Å². The first-order chi connectivity index (χ1) is 17.4. The third-order valence-electron chi connectivity index (χ3n) is 9.85. The molecule has 0 saturated heterocycles. The molecule has 37 heavy (non-hydrogen) atoms. The van der Waals surface area contributed by atoms with Gasteiger partial charge in [0.1, 0.15) is 6.61 Å². The number of hydrogen-bond acceptors (Lipinski definition) is 7. The minimum Gasteiger partial charge on any atom is -0.446 e. The molecule has 0 radical (unpaired) electrons. The Morgan fingerprint density at radius 3 is 2.46 bits per heavy atom. The Morgan fingerprint density at radius 1 is 1.14 bits per heavy atom. The summed E-state index contributed by atoms with van der Waals surface area (Å²) in [6, 6.07) is 8.14. The lowest BCUT2D eigenvalue weighted by molar-refractivity contribution is -0.218. The quantitative estimate of drug-likeness (QED) is 0.598. The Hall–Kier alpha value is -2.97. The third-order valence-corrected chi connectivity index (χ3v) is 9.85. The van der Waals surface area contributed by atoms with Crippen LogP contribution >= 0.6 is 0 Å². The summed E-state index contributed by atoms with van der Waals surface area (Å²) in [5, 5.41) is 21.5. The van der Waals surface area contributed by atoms with Crippen LogP contribution in [0.3, 0.4) is 0 Å². The van der Waals surface area contributed by atoms with E-state index in [0.717, 1.165) is 6.08 Å². The van der Waals surface area contributed by atoms with Gasteiger partial charge in [0, 0.05) is 29.2 Å². The summed E-state index contributed by atoms with van der Waals surface area (Å²) in [5.74, 6) is -4.50. The van der Waals surface area contributed by atoms with E-state index >= 15 is 4.39 Å². The number of halogens is 1. The van der Waals surface area contributed by atoms with Crippen LogP contribution in [0.5, 0.6) is 0 Å². The van der Waals surface area contributed by atoms with Gasteiger partial charge < -0.3 is 14.9 Å². The second-order valence-electron chi connectivity index (χ2n) is 11.5. The zero-order chi connectivity index (χ0) is 27.0. The van der Waals surface area contributed by atoms with Crippen molar-refractivity contribution < 1.29 is 38.5 Å². The number of carbonyl (C=O) groups is 4. The lowest BCUT2D eigenvalue weighted by Gasteiger charge is -2.62. The number of fused-ring (bicyclic) bond motifs is 5. The maximum Gasteiger partial charge on any atom is 0.339 e. The molecule has 0 unspecified atom stereocenters. The molecule has 0 spiro atoms. The van der Waals surface area contributed by atoms with Gasteiger partial charge in [0.05, 0.1) is 17.1 Å². The molecule has 0 aromatic heterocycles. The van der Waals surface area contributed by atoms with Crippen LogP contribution in [-0.2, 0) is 19.1 Å². The van der Waals surface area contributed by atoms with Crippen LogP contribution in [-0.4, -0.2) is 57.5 Å². The highest BCUT2D eigenvalue weighted by Crippen LogP contribution is 2.71. The van der Waals surface area contributed by atoms with Gasteiger partial charge in [0.2, 0.25) is 5.78 Å². The molecule has 0 heterocycles. The van der Waals surface area contributed by atoms with E-state index in [0.29, 0.717) is 0 Å². The largest absolute Gasteiger partial charge is 0.446 e. The number of alkyl halides is 1. The SMILES string of the molecule is C[C@H]1C[C@H]2[C@@H]3CC(=O)C4=CC(=O)C=C[C@]4(C)[C@@]3(F)[C@@H](O)C[C@]2(C)[C@]1(OC(=O)c1ccccc1)C(=O)CO. The Morgan fingerprint density at radius 2 is 1.81 bits per heavy atom. The average Bonchev–Trinajstić information content (AvgIpc) is 3.09. The minimum absolute atomic E-state index is 0.0423. The molecule has 8 heteroatoms. The predicted molar refractivity (Wildman–Crippen MR) is 130 cm³/mol. The first-order valence-electron chi connectivity index (χ1n) is 12.6. The molecule has 2 N–H and O–H groups in total. The van der Waals surface area contributed by atoms with Crippen molar-refractivity contribution in [3.63, 3.8) is 0 Å². The molecular weight excluding hydrogens is 479 g/mol. The van der Waals surface area contributed by atoms with Crippen molar-refractivity contribution in [1.82, 2.24) is 0 Å². The lowest BCUT2D eigenvalue weighted by Crippen LogP contribution is -2.71. The Kier molecular flexibility index (Phi) is 5.73. The van der Waals surface area contributed by atoms with Crippen molar-refractivity contribution in [1.29, 1.82) is 0 Å². The van der Waals surface area contributed by atoms with Gasteiger partial charge in [-0.15, -0.1) is 0 Å². The topological polar surface area (TPSA) is 118 Å². The molecule has 0 amide bonds. The minimum atomic E-state index is -2.30. The fourth-order valence-electron chi connectivity index (χ4n) is 8.13. The zero-order valence-electron chi connectivity index (χ0n) is 21.1. The van der Waals surface area contributed by atoms with E-state index < -0.39 is 70.1 Å². The summed E-state index contributed by atoms with van der Waals surface area (Å²) >= 11 is 0. The van der Waals surface area contributed by atoms with Gasteiger partial charge in [0.25, 0.3) is 0 Å². The molecular formula is C29H31FO7. The summed E-state index contributed by atoms with van der Waals surface area (Å²) in [4.78, 5) is 52.0. The second kappa shape index (κ2) is 8.27. The predicted octanol–water partition coefficient (Wildman–Crippen LogP) is 2.94. The normalized spacial score (nSPS) is 42.4. The Balaban J connectivity index is 1.64. The molecule has 8 atom stereocenters. The Labute approximate surface area is 214 Å². The number of carbonyl (C=O) groups excluding carboxylic acids is 4. The highest BCUT2D eigenvalue weighted by Gasteiger charge is 2.78. The summed E-state index contributed by atoms with van der Waals surface area (Å²) in [7, 11) is 0. The molecule has 4 aliphatic rings. The van der Waals surface area contributed by atoms with Gasteiger partial charge in [0.15, 0.2) is 22.8 Å². The second-order valence-corrected chi connectivity index (χ2v) is 11.5. The molecule has 1 aromatic carbocycles. The molecule has 196 valence electrons. The lowest BCUT2D eigenvalue weighted by atomic mass is 9.44. The first-order valence-corrected chi connectivity index (χ1v) is 12.6. The van der Waals surface area contributed by atoms with E-state index in [1.54, 1.807) is 44.2 Å². The third kappa shape index (κ3) is 3.12. The number of Topliss-reactive ketones (excluding diaryl/α,β-unsaturated/α-hetero) is 2. The molecule has 0 bridgehead atoms. The van der Waals surface area contributed by atoms with Gasteiger partial charge in [-0.05, 0) is 50.0 Å². The van der Waals surface area contributed by atoms with E-state index in [9.17, 15) is 29.4 Å². The fourth-order valence-corrected chi connectivity index (χ4v) is 8.13. The molecule has 1 aromatic rings. The number of aliphatic hydroxyl groups is 2. The van der Waals surface area contributed by atoms with Crippen LogP contribution in [0.15, 0.2) is 54.1 Å². The summed E-state index contributed by atoms with van der Waals surface area (Å²) in [5.41, 5.74) is -6.66. The van der Waals surface area contributed by atoms with Gasteiger partial charge in [-0.2, -0.15) is 0 Å². The molecule has 4 aliphatic carbocycles. The van der Waals surface area contributed by atoms with Gasteiger partial charge >= 0.3 is 5.97 Å². The number of ether oxygens (including phenoxy) is 1. The number of allylic oxidation sites excluding steroid dienone is 4. The van der Waals surface area contributed by atoms with E-state index in [1.807, 2.05) is 0 Å². The standard InChI is InChI=1S/C29H31FO7/c1-16-11-19-20-13-22(33)21-12-18(32)9-10-26(21,2)28(20,30)23(34)14-27(19,3)29(16,24(35)15-31)37-25(36)17-7-5-4-6-8-17/h4-10,12,16,19-20,23,31,34H,11,13-15H2,1-3H3/t16-,19-,20-,23-,26-,27-,28-,29+/m0/s1. The summed E-state index contributed by atoms with van der Waals surface area (Å²) < 4.78 is 23.4. The molecule has 3 fully saturated rings. The van der Waals surface area contributed by atoms with Crippen molar-refractivity contribution in [3.8, 4) is 0 Å². The molecule has 3 saturated carbocycles. The average molecular weight is 511 g/mol. The summed E-state index contributed by atoms with van der Waals surface area (Å²) in [6.45, 7) is 4.04. The van der Waals surface area contributed by atoms with Crippen LogP contribution in [0, 0.1) is 28.6 Å². The van der Waals surface area contributed by atoms with E-state index in [1.165, 1.54) is 19.1 Å². The molecule has 7 nitrogen and oxygen atoms in total.